The molecule has 0 heterocycles. The SMILES string of the molecule is CC(C)(CCO)CNC(=O)Nc1cccc([N+](=O)[O-])c1. The normalized spacial score (nSPS) is 10.9. The molecule has 0 spiro atoms. The standard InChI is InChI=1S/C13H19N3O4/c1-13(2,6-7-17)9-14-12(18)15-10-4-3-5-11(8-10)16(19)20/h3-5,8,17H,6-7,9H2,1-2H3,(H2,14,15,18). The summed E-state index contributed by atoms with van der Waals surface area (Å²) in [6.45, 7) is 4.31. The van der Waals surface area contributed by atoms with Crippen LogP contribution in [0.15, 0.2) is 24.3 Å². The minimum atomic E-state index is -0.520. The summed E-state index contributed by atoms with van der Waals surface area (Å²) < 4.78 is 0. The highest BCUT2D eigenvalue weighted by atomic mass is 16.6. The Balaban J connectivity index is 2.54. The Bertz CT molecular complexity index is 488. The Morgan fingerprint density at radius 1 is 1.45 bits per heavy atom. The number of urea groups is 1. The van der Waals surface area contributed by atoms with Gasteiger partial charge in [-0.3, -0.25) is 10.1 Å². The third kappa shape index (κ3) is 5.23. The molecule has 20 heavy (non-hydrogen) atoms. The molecule has 0 saturated carbocycles. The molecule has 0 bridgehead atoms. The van der Waals surface area contributed by atoms with Crippen molar-refractivity contribution in [3.63, 3.8) is 0 Å². The Labute approximate surface area is 117 Å². The summed E-state index contributed by atoms with van der Waals surface area (Å²) in [5.74, 6) is 0. The van der Waals surface area contributed by atoms with E-state index >= 15 is 0 Å². The zero-order chi connectivity index (χ0) is 15.2. The van der Waals surface area contributed by atoms with E-state index in [0.29, 0.717) is 18.7 Å². The number of nitro benzene ring substituents is 1. The first kappa shape index (κ1) is 15.9. The van der Waals surface area contributed by atoms with Crippen molar-refractivity contribution >= 4 is 17.4 Å². The number of carbonyl (C=O) groups is 1. The number of nitrogens with zero attached hydrogens (tertiary/aromatic N) is 1. The predicted molar refractivity (Wildman–Crippen MR) is 75.6 cm³/mol. The number of hydrogen-bond acceptors (Lipinski definition) is 4. The summed E-state index contributed by atoms with van der Waals surface area (Å²) >= 11 is 0. The zero-order valence-electron chi connectivity index (χ0n) is 11.5. The summed E-state index contributed by atoms with van der Waals surface area (Å²) in [5.41, 5.74) is 0.0643. The highest BCUT2D eigenvalue weighted by Crippen LogP contribution is 2.19. The third-order valence-corrected chi connectivity index (χ3v) is 2.83. The summed E-state index contributed by atoms with van der Waals surface area (Å²) in [4.78, 5) is 21.8. The van der Waals surface area contributed by atoms with Crippen molar-refractivity contribution < 1.29 is 14.8 Å². The highest BCUT2D eigenvalue weighted by Gasteiger charge is 2.18. The van der Waals surface area contributed by atoms with Crippen LogP contribution in [0.3, 0.4) is 0 Å². The number of carbonyl (C=O) groups excluding carboxylic acids is 1. The van der Waals surface area contributed by atoms with Gasteiger partial charge in [0, 0.05) is 31.0 Å². The number of anilines is 1. The molecule has 0 aliphatic carbocycles. The second-order valence-electron chi connectivity index (χ2n) is 5.25. The van der Waals surface area contributed by atoms with Crippen LogP contribution in [0.1, 0.15) is 20.3 Å². The molecule has 110 valence electrons. The Kier molecular flexibility index (Phi) is 5.45. The van der Waals surface area contributed by atoms with E-state index in [0.717, 1.165) is 0 Å². The van der Waals surface area contributed by atoms with E-state index in [2.05, 4.69) is 10.6 Å². The molecular formula is C13H19N3O4. The maximum atomic E-state index is 11.7. The van der Waals surface area contributed by atoms with Crippen molar-refractivity contribution in [2.24, 2.45) is 5.41 Å². The highest BCUT2D eigenvalue weighted by molar-refractivity contribution is 5.89. The minimum absolute atomic E-state index is 0.0567. The van der Waals surface area contributed by atoms with Gasteiger partial charge in [-0.2, -0.15) is 0 Å². The molecule has 0 aliphatic rings. The fraction of sp³-hybridized carbons (Fsp3) is 0.462. The van der Waals surface area contributed by atoms with Crippen LogP contribution in [-0.2, 0) is 0 Å². The first-order valence-electron chi connectivity index (χ1n) is 6.24. The van der Waals surface area contributed by atoms with E-state index in [1.807, 2.05) is 13.8 Å². The molecular weight excluding hydrogens is 262 g/mol. The van der Waals surface area contributed by atoms with Crippen molar-refractivity contribution in [1.82, 2.24) is 5.32 Å². The van der Waals surface area contributed by atoms with Crippen LogP contribution in [0.5, 0.6) is 0 Å². The van der Waals surface area contributed by atoms with Crippen LogP contribution in [0, 0.1) is 15.5 Å². The number of aliphatic hydroxyl groups excluding tert-OH is 1. The van der Waals surface area contributed by atoms with Gasteiger partial charge in [-0.05, 0) is 17.9 Å². The van der Waals surface area contributed by atoms with Crippen molar-refractivity contribution in [2.45, 2.75) is 20.3 Å². The molecule has 0 saturated heterocycles. The molecule has 0 atom stereocenters. The van der Waals surface area contributed by atoms with Crippen LogP contribution < -0.4 is 10.6 Å². The molecule has 0 aliphatic heterocycles. The largest absolute Gasteiger partial charge is 0.396 e. The van der Waals surface area contributed by atoms with Gasteiger partial charge in [0.25, 0.3) is 5.69 Å². The molecule has 3 N–H and O–H groups in total. The lowest BCUT2D eigenvalue weighted by Gasteiger charge is -2.23. The first-order valence-corrected chi connectivity index (χ1v) is 6.24. The van der Waals surface area contributed by atoms with Gasteiger partial charge in [0.05, 0.1) is 4.92 Å². The molecule has 7 heteroatoms. The topological polar surface area (TPSA) is 104 Å². The summed E-state index contributed by atoms with van der Waals surface area (Å²) in [7, 11) is 0. The number of hydrogen-bond donors (Lipinski definition) is 3. The Morgan fingerprint density at radius 3 is 2.75 bits per heavy atom. The Hall–Kier alpha value is -2.15. The summed E-state index contributed by atoms with van der Waals surface area (Å²) in [6.07, 6.45) is 0.574. The van der Waals surface area contributed by atoms with Crippen molar-refractivity contribution in [2.75, 3.05) is 18.5 Å². The van der Waals surface area contributed by atoms with Crippen LogP contribution in [-0.4, -0.2) is 29.2 Å². The van der Waals surface area contributed by atoms with Gasteiger partial charge in [-0.25, -0.2) is 4.79 Å². The van der Waals surface area contributed by atoms with Gasteiger partial charge >= 0.3 is 6.03 Å². The third-order valence-electron chi connectivity index (χ3n) is 2.83. The number of nitrogens with one attached hydrogen (secondary N) is 2. The number of benzene rings is 1. The van der Waals surface area contributed by atoms with E-state index in [9.17, 15) is 14.9 Å². The van der Waals surface area contributed by atoms with Gasteiger partial charge in [0.1, 0.15) is 0 Å². The van der Waals surface area contributed by atoms with Crippen LogP contribution in [0.2, 0.25) is 0 Å². The lowest BCUT2D eigenvalue weighted by Crippen LogP contribution is -2.37. The second-order valence-corrected chi connectivity index (χ2v) is 5.25. The fourth-order valence-corrected chi connectivity index (χ4v) is 1.58. The average Bonchev–Trinajstić information content (AvgIpc) is 2.37. The van der Waals surface area contributed by atoms with Crippen molar-refractivity contribution in [3.05, 3.63) is 34.4 Å². The van der Waals surface area contributed by atoms with E-state index in [4.69, 9.17) is 5.11 Å². The maximum Gasteiger partial charge on any atom is 0.319 e. The van der Waals surface area contributed by atoms with E-state index in [1.54, 1.807) is 6.07 Å². The van der Waals surface area contributed by atoms with Crippen LogP contribution >= 0.6 is 0 Å². The molecule has 2 amide bonds. The van der Waals surface area contributed by atoms with E-state index < -0.39 is 11.0 Å². The summed E-state index contributed by atoms with van der Waals surface area (Å²) in [6, 6.07) is 5.29. The molecule has 0 fully saturated rings. The quantitative estimate of drug-likeness (QED) is 0.548. The van der Waals surface area contributed by atoms with Gasteiger partial charge in [0.15, 0.2) is 0 Å². The lowest BCUT2D eigenvalue weighted by atomic mass is 9.90. The van der Waals surface area contributed by atoms with Gasteiger partial charge < -0.3 is 15.7 Å². The maximum absolute atomic E-state index is 11.7. The molecule has 1 aromatic carbocycles. The first-order chi connectivity index (χ1) is 9.34. The Morgan fingerprint density at radius 2 is 2.15 bits per heavy atom. The number of rotatable bonds is 6. The predicted octanol–water partition coefficient (Wildman–Crippen LogP) is 2.12. The molecule has 1 rings (SSSR count). The smallest absolute Gasteiger partial charge is 0.319 e. The number of non-ortho nitro benzene ring substituents is 1. The number of amides is 2. The van der Waals surface area contributed by atoms with Crippen molar-refractivity contribution in [3.8, 4) is 0 Å². The molecule has 0 aromatic heterocycles. The van der Waals surface area contributed by atoms with E-state index in [-0.39, 0.29) is 17.7 Å². The zero-order valence-corrected chi connectivity index (χ0v) is 11.5. The van der Waals surface area contributed by atoms with Crippen LogP contribution in [0.4, 0.5) is 16.2 Å². The molecule has 1 aromatic rings. The van der Waals surface area contributed by atoms with Crippen LogP contribution in [0.25, 0.3) is 0 Å². The van der Waals surface area contributed by atoms with Gasteiger partial charge in [0.2, 0.25) is 0 Å². The number of nitro groups is 1. The van der Waals surface area contributed by atoms with Crippen molar-refractivity contribution in [1.29, 1.82) is 0 Å². The van der Waals surface area contributed by atoms with Gasteiger partial charge in [-0.15, -0.1) is 0 Å². The molecule has 7 nitrogen and oxygen atoms in total. The van der Waals surface area contributed by atoms with E-state index in [1.165, 1.54) is 18.2 Å². The van der Waals surface area contributed by atoms with Gasteiger partial charge in [-0.1, -0.05) is 19.9 Å². The molecule has 0 radical (unpaired) electrons. The second kappa shape index (κ2) is 6.85. The average molecular weight is 281 g/mol. The minimum Gasteiger partial charge on any atom is -0.396 e. The monoisotopic (exact) mass is 281 g/mol. The number of aliphatic hydroxyl groups is 1. The fourth-order valence-electron chi connectivity index (χ4n) is 1.58. The lowest BCUT2D eigenvalue weighted by molar-refractivity contribution is -0.384. The summed E-state index contributed by atoms with van der Waals surface area (Å²) in [5, 5.41) is 24.7. The molecule has 0 unspecified atom stereocenters.